The van der Waals surface area contributed by atoms with Gasteiger partial charge in [-0.3, -0.25) is 4.79 Å². The van der Waals surface area contributed by atoms with Crippen molar-refractivity contribution < 1.29 is 9.53 Å². The highest BCUT2D eigenvalue weighted by Gasteiger charge is 2.16. The van der Waals surface area contributed by atoms with Crippen molar-refractivity contribution in [1.82, 2.24) is 5.32 Å². The van der Waals surface area contributed by atoms with Gasteiger partial charge in [0.05, 0.1) is 12.1 Å². The van der Waals surface area contributed by atoms with E-state index in [0.29, 0.717) is 19.1 Å². The maximum atomic E-state index is 11.9. The Kier molecular flexibility index (Phi) is 6.02. The molecule has 0 aliphatic carbocycles. The standard InChI is InChI=1S/C16H24N2O2/c17-15(12-13-6-2-1-3-7-13)16(19)18-10-9-14-8-4-5-11-20-14/h1-3,6-7,14-15H,4-5,8-12,17H2,(H,18,19). The highest BCUT2D eigenvalue weighted by atomic mass is 16.5. The third-order valence-corrected chi connectivity index (χ3v) is 3.67. The van der Waals surface area contributed by atoms with E-state index in [9.17, 15) is 4.79 Å². The predicted molar refractivity (Wildman–Crippen MR) is 79.3 cm³/mol. The molecule has 0 spiro atoms. The Labute approximate surface area is 120 Å². The number of amides is 1. The van der Waals surface area contributed by atoms with Crippen molar-refractivity contribution in [2.24, 2.45) is 5.73 Å². The lowest BCUT2D eigenvalue weighted by Crippen LogP contribution is -2.43. The Balaban J connectivity index is 1.66. The number of carbonyl (C=O) groups excluding carboxylic acids is 1. The molecule has 110 valence electrons. The van der Waals surface area contributed by atoms with Crippen molar-refractivity contribution >= 4 is 5.91 Å². The fraction of sp³-hybridized carbons (Fsp3) is 0.562. The smallest absolute Gasteiger partial charge is 0.237 e. The van der Waals surface area contributed by atoms with Crippen LogP contribution in [0.5, 0.6) is 0 Å². The Morgan fingerprint density at radius 2 is 2.15 bits per heavy atom. The van der Waals surface area contributed by atoms with Crippen LogP contribution in [0.1, 0.15) is 31.2 Å². The number of ether oxygens (including phenoxy) is 1. The first-order valence-corrected chi connectivity index (χ1v) is 7.44. The fourth-order valence-corrected chi connectivity index (χ4v) is 2.48. The summed E-state index contributed by atoms with van der Waals surface area (Å²) in [7, 11) is 0. The molecule has 1 aromatic rings. The van der Waals surface area contributed by atoms with Gasteiger partial charge in [0.25, 0.3) is 0 Å². The lowest BCUT2D eigenvalue weighted by Gasteiger charge is -2.22. The summed E-state index contributed by atoms with van der Waals surface area (Å²) >= 11 is 0. The van der Waals surface area contributed by atoms with Crippen LogP contribution in [0.3, 0.4) is 0 Å². The van der Waals surface area contributed by atoms with Gasteiger partial charge in [-0.05, 0) is 37.7 Å². The van der Waals surface area contributed by atoms with Crippen LogP contribution in [0, 0.1) is 0 Å². The van der Waals surface area contributed by atoms with E-state index in [0.717, 1.165) is 31.4 Å². The Hall–Kier alpha value is -1.39. The molecular weight excluding hydrogens is 252 g/mol. The summed E-state index contributed by atoms with van der Waals surface area (Å²) in [5.74, 6) is -0.0790. The first kappa shape index (κ1) is 15.0. The van der Waals surface area contributed by atoms with Gasteiger partial charge in [-0.15, -0.1) is 0 Å². The van der Waals surface area contributed by atoms with Crippen molar-refractivity contribution in [3.63, 3.8) is 0 Å². The third kappa shape index (κ3) is 4.94. The molecule has 1 aliphatic heterocycles. The molecule has 1 amide bonds. The lowest BCUT2D eigenvalue weighted by molar-refractivity contribution is -0.122. The molecule has 0 aromatic heterocycles. The monoisotopic (exact) mass is 276 g/mol. The van der Waals surface area contributed by atoms with E-state index in [2.05, 4.69) is 5.32 Å². The molecule has 1 heterocycles. The van der Waals surface area contributed by atoms with Gasteiger partial charge in [-0.2, -0.15) is 0 Å². The zero-order chi connectivity index (χ0) is 14.2. The van der Waals surface area contributed by atoms with Gasteiger partial charge in [0.1, 0.15) is 0 Å². The largest absolute Gasteiger partial charge is 0.378 e. The molecule has 4 heteroatoms. The summed E-state index contributed by atoms with van der Waals surface area (Å²) in [5.41, 5.74) is 7.01. The molecule has 3 N–H and O–H groups in total. The average molecular weight is 276 g/mol. The number of hydrogen-bond donors (Lipinski definition) is 2. The number of hydrogen-bond acceptors (Lipinski definition) is 3. The van der Waals surface area contributed by atoms with E-state index >= 15 is 0 Å². The molecule has 0 radical (unpaired) electrons. The zero-order valence-corrected chi connectivity index (χ0v) is 11.9. The second-order valence-electron chi connectivity index (χ2n) is 5.36. The molecule has 2 atom stereocenters. The van der Waals surface area contributed by atoms with E-state index in [4.69, 9.17) is 10.5 Å². The van der Waals surface area contributed by atoms with Gasteiger partial charge in [0, 0.05) is 13.2 Å². The maximum absolute atomic E-state index is 11.9. The summed E-state index contributed by atoms with van der Waals surface area (Å²) in [4.78, 5) is 11.9. The molecule has 1 fully saturated rings. The van der Waals surface area contributed by atoms with Crippen molar-refractivity contribution in [3.8, 4) is 0 Å². The summed E-state index contributed by atoms with van der Waals surface area (Å²) < 4.78 is 5.63. The third-order valence-electron chi connectivity index (χ3n) is 3.67. The van der Waals surface area contributed by atoms with Gasteiger partial charge in [-0.25, -0.2) is 0 Å². The number of nitrogens with one attached hydrogen (secondary N) is 1. The molecule has 0 bridgehead atoms. The average Bonchev–Trinajstić information content (AvgIpc) is 2.49. The SMILES string of the molecule is NC(Cc1ccccc1)C(=O)NCCC1CCCCO1. The highest BCUT2D eigenvalue weighted by molar-refractivity contribution is 5.81. The summed E-state index contributed by atoms with van der Waals surface area (Å²) in [5, 5.41) is 2.91. The van der Waals surface area contributed by atoms with Crippen LogP contribution in [-0.2, 0) is 16.0 Å². The number of carbonyl (C=O) groups is 1. The van der Waals surface area contributed by atoms with Crippen LogP contribution < -0.4 is 11.1 Å². The molecule has 1 aliphatic rings. The van der Waals surface area contributed by atoms with Crippen molar-refractivity contribution in [1.29, 1.82) is 0 Å². The number of rotatable bonds is 6. The Bertz CT molecular complexity index is 402. The molecule has 0 saturated carbocycles. The molecular formula is C16H24N2O2. The van der Waals surface area contributed by atoms with Crippen LogP contribution in [-0.4, -0.2) is 31.2 Å². The summed E-state index contributed by atoms with van der Waals surface area (Å²) in [6.07, 6.45) is 5.24. The van der Waals surface area contributed by atoms with E-state index in [1.165, 1.54) is 6.42 Å². The minimum absolute atomic E-state index is 0.0790. The molecule has 2 rings (SSSR count). The number of benzene rings is 1. The van der Waals surface area contributed by atoms with Gasteiger partial charge in [0.2, 0.25) is 5.91 Å². The van der Waals surface area contributed by atoms with Crippen LogP contribution in [0.15, 0.2) is 30.3 Å². The van der Waals surface area contributed by atoms with Gasteiger partial charge < -0.3 is 15.8 Å². The second kappa shape index (κ2) is 8.02. The first-order chi connectivity index (χ1) is 9.75. The topological polar surface area (TPSA) is 64.4 Å². The molecule has 1 saturated heterocycles. The van der Waals surface area contributed by atoms with Crippen LogP contribution in [0.4, 0.5) is 0 Å². The maximum Gasteiger partial charge on any atom is 0.237 e. The predicted octanol–water partition coefficient (Wildman–Crippen LogP) is 1.63. The van der Waals surface area contributed by atoms with Crippen molar-refractivity contribution in [3.05, 3.63) is 35.9 Å². The lowest BCUT2D eigenvalue weighted by atomic mass is 10.1. The van der Waals surface area contributed by atoms with Crippen LogP contribution in [0.25, 0.3) is 0 Å². The Morgan fingerprint density at radius 3 is 2.85 bits per heavy atom. The van der Waals surface area contributed by atoms with Crippen molar-refractivity contribution in [2.45, 2.75) is 44.2 Å². The highest BCUT2D eigenvalue weighted by Crippen LogP contribution is 2.14. The van der Waals surface area contributed by atoms with Gasteiger partial charge >= 0.3 is 0 Å². The molecule has 1 aromatic carbocycles. The van der Waals surface area contributed by atoms with Gasteiger partial charge in [0.15, 0.2) is 0 Å². The molecule has 2 unspecified atom stereocenters. The van der Waals surface area contributed by atoms with E-state index in [-0.39, 0.29) is 5.91 Å². The quantitative estimate of drug-likeness (QED) is 0.830. The summed E-state index contributed by atoms with van der Waals surface area (Å²) in [6.45, 7) is 1.50. The van der Waals surface area contributed by atoms with E-state index < -0.39 is 6.04 Å². The van der Waals surface area contributed by atoms with Crippen LogP contribution in [0.2, 0.25) is 0 Å². The molecule has 4 nitrogen and oxygen atoms in total. The number of nitrogens with two attached hydrogens (primary N) is 1. The van der Waals surface area contributed by atoms with Crippen LogP contribution >= 0.6 is 0 Å². The zero-order valence-electron chi connectivity index (χ0n) is 11.9. The molecule has 20 heavy (non-hydrogen) atoms. The van der Waals surface area contributed by atoms with E-state index in [1.807, 2.05) is 30.3 Å². The minimum Gasteiger partial charge on any atom is -0.378 e. The Morgan fingerprint density at radius 1 is 1.35 bits per heavy atom. The first-order valence-electron chi connectivity index (χ1n) is 7.44. The summed E-state index contributed by atoms with van der Waals surface area (Å²) in [6, 6.07) is 9.37. The van der Waals surface area contributed by atoms with Gasteiger partial charge in [-0.1, -0.05) is 30.3 Å². The minimum atomic E-state index is -0.482. The van der Waals surface area contributed by atoms with Crippen molar-refractivity contribution in [2.75, 3.05) is 13.2 Å². The fourth-order valence-electron chi connectivity index (χ4n) is 2.48. The second-order valence-corrected chi connectivity index (χ2v) is 5.36. The van der Waals surface area contributed by atoms with E-state index in [1.54, 1.807) is 0 Å². The normalized spacial score (nSPS) is 20.4.